The van der Waals surface area contributed by atoms with Crippen LogP contribution in [0.15, 0.2) is 33.7 Å². The molecule has 3 rings (SSSR count). The summed E-state index contributed by atoms with van der Waals surface area (Å²) in [5.41, 5.74) is 2.37. The molecule has 1 fully saturated rings. The largest absolute Gasteiger partial charge is 0.376 e. The third-order valence-electron chi connectivity index (χ3n) is 5.15. The van der Waals surface area contributed by atoms with Crippen molar-refractivity contribution in [3.05, 3.63) is 46.8 Å². The van der Waals surface area contributed by atoms with E-state index in [1.807, 2.05) is 12.1 Å². The quantitative estimate of drug-likeness (QED) is 0.626. The summed E-state index contributed by atoms with van der Waals surface area (Å²) in [5, 5.41) is 6.45. The summed E-state index contributed by atoms with van der Waals surface area (Å²) < 4.78 is 38.0. The number of morpholine rings is 1. The second-order valence-corrected chi connectivity index (χ2v) is 9.60. The molecule has 1 aliphatic rings. The number of aryl methyl sites for hydroxylation is 2. The average Bonchev–Trinajstić information content (AvgIpc) is 3.05. The Bertz CT molecular complexity index is 1000. The smallest absolute Gasteiger partial charge is 0.246 e. The van der Waals surface area contributed by atoms with Crippen LogP contribution in [0, 0.1) is 13.8 Å². The monoisotopic (exact) mass is 450 g/mol. The van der Waals surface area contributed by atoms with E-state index in [4.69, 9.17) is 9.26 Å². The van der Waals surface area contributed by atoms with Crippen molar-refractivity contribution in [2.75, 3.05) is 19.7 Å². The molecule has 9 nitrogen and oxygen atoms in total. The van der Waals surface area contributed by atoms with Gasteiger partial charge in [0.1, 0.15) is 10.6 Å². The van der Waals surface area contributed by atoms with Gasteiger partial charge in [-0.15, -0.1) is 0 Å². The van der Waals surface area contributed by atoms with Crippen molar-refractivity contribution in [1.82, 2.24) is 20.1 Å². The maximum atomic E-state index is 12.6. The molecule has 0 aliphatic carbocycles. The molecule has 1 amide bonds. The van der Waals surface area contributed by atoms with Crippen molar-refractivity contribution in [3.63, 3.8) is 0 Å². The number of carbonyl (C=O) groups is 1. The molecule has 2 aromatic rings. The Morgan fingerprint density at radius 1 is 1.32 bits per heavy atom. The van der Waals surface area contributed by atoms with Crippen LogP contribution in [-0.4, -0.2) is 56.2 Å². The van der Waals surface area contributed by atoms with E-state index in [1.54, 1.807) is 6.92 Å². The maximum absolute atomic E-state index is 12.6. The fourth-order valence-electron chi connectivity index (χ4n) is 3.68. The predicted octanol–water partition coefficient (Wildman–Crippen LogP) is 1.50. The molecular formula is C21H30N4O5S. The van der Waals surface area contributed by atoms with Gasteiger partial charge in [-0.2, -0.15) is 4.72 Å². The second kappa shape index (κ2) is 9.90. The van der Waals surface area contributed by atoms with E-state index in [9.17, 15) is 13.2 Å². The van der Waals surface area contributed by atoms with Crippen LogP contribution >= 0.6 is 0 Å². The van der Waals surface area contributed by atoms with Crippen molar-refractivity contribution >= 4 is 15.9 Å². The van der Waals surface area contributed by atoms with Crippen LogP contribution in [0.5, 0.6) is 0 Å². The zero-order chi connectivity index (χ0) is 22.6. The number of nitrogens with one attached hydrogen (secondary N) is 2. The zero-order valence-corrected chi connectivity index (χ0v) is 19.2. The summed E-state index contributed by atoms with van der Waals surface area (Å²) in [6.45, 7) is 10.3. The summed E-state index contributed by atoms with van der Waals surface area (Å²) in [7, 11) is -3.92. The van der Waals surface area contributed by atoms with Crippen LogP contribution in [0.2, 0.25) is 0 Å². The molecule has 0 radical (unpaired) electrons. The number of ether oxygens (including phenoxy) is 1. The Labute approximate surface area is 183 Å². The predicted molar refractivity (Wildman–Crippen MR) is 115 cm³/mol. The molecular weight excluding hydrogens is 420 g/mol. The first-order chi connectivity index (χ1) is 14.7. The van der Waals surface area contributed by atoms with Crippen LogP contribution in [0.3, 0.4) is 0 Å². The number of rotatable bonds is 8. The summed E-state index contributed by atoms with van der Waals surface area (Å²) in [6.07, 6.45) is 0.229. The van der Waals surface area contributed by atoms with Crippen LogP contribution in [-0.2, 0) is 32.6 Å². The third-order valence-corrected chi connectivity index (χ3v) is 6.94. The van der Waals surface area contributed by atoms with E-state index in [2.05, 4.69) is 39.2 Å². The van der Waals surface area contributed by atoms with Gasteiger partial charge in [-0.05, 0) is 38.8 Å². The number of hydrogen-bond donors (Lipinski definition) is 2. The summed E-state index contributed by atoms with van der Waals surface area (Å²) in [4.78, 5) is 14.8. The average molecular weight is 451 g/mol. The number of aromatic nitrogens is 1. The number of hydrogen-bond acceptors (Lipinski definition) is 7. The topological polar surface area (TPSA) is 114 Å². The molecule has 10 heteroatoms. The normalized spacial score (nSPS) is 18.6. The summed E-state index contributed by atoms with van der Waals surface area (Å²) in [5.74, 6) is -0.230. The molecule has 1 unspecified atom stereocenters. The minimum absolute atomic E-state index is 0.0303. The van der Waals surface area contributed by atoms with Crippen LogP contribution in [0.25, 0.3) is 0 Å². The molecule has 170 valence electrons. The Balaban J connectivity index is 1.55. The number of carbonyl (C=O) groups excluding carboxylic acids is 1. The number of amides is 1. The van der Waals surface area contributed by atoms with Gasteiger partial charge < -0.3 is 14.6 Å². The Kier molecular flexibility index (Phi) is 7.47. The van der Waals surface area contributed by atoms with Crippen molar-refractivity contribution < 1.29 is 22.5 Å². The summed E-state index contributed by atoms with van der Waals surface area (Å²) >= 11 is 0. The number of sulfonamides is 1. The minimum atomic E-state index is -3.92. The fraction of sp³-hybridized carbons (Fsp3) is 0.524. The highest BCUT2D eigenvalue weighted by Crippen LogP contribution is 2.19. The third kappa shape index (κ3) is 6.13. The van der Waals surface area contributed by atoms with E-state index >= 15 is 0 Å². The molecule has 2 N–H and O–H groups in total. The van der Waals surface area contributed by atoms with E-state index in [0.29, 0.717) is 6.54 Å². The van der Waals surface area contributed by atoms with Gasteiger partial charge in [-0.25, -0.2) is 8.42 Å². The second-order valence-electron chi connectivity index (χ2n) is 7.95. The van der Waals surface area contributed by atoms with Crippen LogP contribution in [0.4, 0.5) is 0 Å². The van der Waals surface area contributed by atoms with Gasteiger partial charge >= 0.3 is 0 Å². The van der Waals surface area contributed by atoms with Gasteiger partial charge in [-0.1, -0.05) is 29.4 Å². The summed E-state index contributed by atoms with van der Waals surface area (Å²) in [6, 6.07) is 7.07. The first-order valence-electron chi connectivity index (χ1n) is 10.3. The van der Waals surface area contributed by atoms with Crippen molar-refractivity contribution in [1.29, 1.82) is 0 Å². The zero-order valence-electron chi connectivity index (χ0n) is 18.3. The molecule has 0 bridgehead atoms. The number of benzene rings is 1. The highest BCUT2D eigenvalue weighted by atomic mass is 32.2. The lowest BCUT2D eigenvalue weighted by Crippen LogP contribution is -2.44. The lowest BCUT2D eigenvalue weighted by molar-refractivity contribution is -0.122. The van der Waals surface area contributed by atoms with E-state index in [1.165, 1.54) is 13.8 Å². The number of nitrogens with zero attached hydrogens (tertiary/aromatic N) is 2. The fourth-order valence-corrected chi connectivity index (χ4v) is 5.21. The van der Waals surface area contributed by atoms with Gasteiger partial charge in [0, 0.05) is 26.2 Å². The van der Waals surface area contributed by atoms with Crippen LogP contribution < -0.4 is 10.0 Å². The van der Waals surface area contributed by atoms with Gasteiger partial charge in [0.05, 0.1) is 18.8 Å². The Morgan fingerprint density at radius 3 is 2.74 bits per heavy atom. The van der Waals surface area contributed by atoms with E-state index in [-0.39, 0.29) is 22.5 Å². The van der Waals surface area contributed by atoms with Crippen LogP contribution in [0.1, 0.15) is 36.4 Å². The van der Waals surface area contributed by atoms with Crippen molar-refractivity contribution in [2.45, 2.75) is 57.8 Å². The Hall–Kier alpha value is -2.27. The van der Waals surface area contributed by atoms with Gasteiger partial charge in [0.25, 0.3) is 0 Å². The van der Waals surface area contributed by atoms with E-state index in [0.717, 1.165) is 37.4 Å². The van der Waals surface area contributed by atoms with Gasteiger partial charge in [0.2, 0.25) is 15.9 Å². The van der Waals surface area contributed by atoms with Gasteiger partial charge in [0.15, 0.2) is 5.76 Å². The maximum Gasteiger partial charge on any atom is 0.246 e. The van der Waals surface area contributed by atoms with Gasteiger partial charge in [-0.3, -0.25) is 9.69 Å². The standard InChI is InChI=1S/C21H30N4O5S/c1-14-12-25(8-9-29-14)13-19-7-5-6-18(10-19)11-22-21(26)16(3)24-31(27,28)20-15(2)23-30-17(20)4/h5-7,10,14,16,24H,8-9,11-13H2,1-4H3,(H,22,26)/t14?,16-/m0/s1. The Morgan fingerprint density at radius 2 is 2.06 bits per heavy atom. The molecule has 1 saturated heterocycles. The molecule has 31 heavy (non-hydrogen) atoms. The molecule has 0 spiro atoms. The SMILES string of the molecule is Cc1noc(C)c1S(=O)(=O)N[C@@H](C)C(=O)NCc1cccc(CN2CCOC(C)C2)c1. The molecule has 0 saturated carbocycles. The lowest BCUT2D eigenvalue weighted by atomic mass is 10.1. The highest BCUT2D eigenvalue weighted by Gasteiger charge is 2.28. The minimum Gasteiger partial charge on any atom is -0.376 e. The molecule has 1 aromatic carbocycles. The molecule has 2 atom stereocenters. The lowest BCUT2D eigenvalue weighted by Gasteiger charge is -2.31. The highest BCUT2D eigenvalue weighted by molar-refractivity contribution is 7.89. The molecule has 1 aromatic heterocycles. The first kappa shape index (κ1) is 23.4. The first-order valence-corrected chi connectivity index (χ1v) is 11.8. The molecule has 1 aliphatic heterocycles. The van der Waals surface area contributed by atoms with E-state index < -0.39 is 22.0 Å². The van der Waals surface area contributed by atoms with Crippen molar-refractivity contribution in [2.24, 2.45) is 0 Å². The van der Waals surface area contributed by atoms with Crippen molar-refractivity contribution in [3.8, 4) is 0 Å². The molecule has 2 heterocycles.